The molecule has 4 heteroatoms. The molecule has 102 valence electrons. The van der Waals surface area contributed by atoms with Gasteiger partial charge in [0.2, 0.25) is 0 Å². The summed E-state index contributed by atoms with van der Waals surface area (Å²) in [6.07, 6.45) is 0. The topological polar surface area (TPSA) is 33.6 Å². The van der Waals surface area contributed by atoms with Crippen molar-refractivity contribution in [1.29, 1.82) is 0 Å². The summed E-state index contributed by atoms with van der Waals surface area (Å²) in [5, 5.41) is 5.62. The number of hydrogen-bond acceptors (Lipinski definition) is 4. The van der Waals surface area contributed by atoms with E-state index in [1.807, 2.05) is 37.3 Å². The molecule has 0 radical (unpaired) electrons. The summed E-state index contributed by atoms with van der Waals surface area (Å²) in [5.41, 5.74) is 5.54. The van der Waals surface area contributed by atoms with Crippen molar-refractivity contribution in [1.82, 2.24) is 5.43 Å². The summed E-state index contributed by atoms with van der Waals surface area (Å²) in [7, 11) is 0. The van der Waals surface area contributed by atoms with E-state index in [-0.39, 0.29) is 5.37 Å². The average Bonchev–Trinajstić information content (AvgIpc) is 2.99. The van der Waals surface area contributed by atoms with Crippen LogP contribution in [0.15, 0.2) is 59.7 Å². The summed E-state index contributed by atoms with van der Waals surface area (Å²) in [6.45, 7) is 2.68. The molecule has 0 saturated carbocycles. The molecule has 1 atom stereocenters. The minimum Gasteiger partial charge on any atom is -0.494 e. The molecular formula is C16H16N2OS. The van der Waals surface area contributed by atoms with Gasteiger partial charge < -0.3 is 4.74 Å². The molecule has 1 aliphatic heterocycles. The highest BCUT2D eigenvalue weighted by Crippen LogP contribution is 2.34. The zero-order chi connectivity index (χ0) is 13.8. The lowest BCUT2D eigenvalue weighted by Crippen LogP contribution is -2.06. The number of thioether (sulfide) groups is 1. The number of hydrazone groups is 1. The molecular weight excluding hydrogens is 268 g/mol. The van der Waals surface area contributed by atoms with Crippen LogP contribution < -0.4 is 10.2 Å². The second-order valence-corrected chi connectivity index (χ2v) is 5.51. The Morgan fingerprint density at radius 3 is 2.55 bits per heavy atom. The monoisotopic (exact) mass is 284 g/mol. The van der Waals surface area contributed by atoms with Crippen molar-refractivity contribution < 1.29 is 4.74 Å². The first-order valence-corrected chi connectivity index (χ1v) is 7.53. The Bertz CT molecular complexity index is 596. The molecule has 1 aliphatic rings. The highest BCUT2D eigenvalue weighted by molar-refractivity contribution is 8.14. The fourth-order valence-electron chi connectivity index (χ4n) is 2.04. The van der Waals surface area contributed by atoms with Gasteiger partial charge in [-0.1, -0.05) is 54.2 Å². The Morgan fingerprint density at radius 2 is 1.85 bits per heavy atom. The Kier molecular flexibility index (Phi) is 3.92. The van der Waals surface area contributed by atoms with Crippen molar-refractivity contribution in [3.05, 3.63) is 65.7 Å². The van der Waals surface area contributed by atoms with Crippen LogP contribution in [0, 0.1) is 0 Å². The van der Waals surface area contributed by atoms with E-state index in [0.29, 0.717) is 6.61 Å². The second-order valence-electron chi connectivity index (χ2n) is 4.41. The van der Waals surface area contributed by atoms with E-state index in [0.717, 1.165) is 16.4 Å². The maximum atomic E-state index is 5.46. The third-order valence-corrected chi connectivity index (χ3v) is 4.19. The van der Waals surface area contributed by atoms with Crippen molar-refractivity contribution in [3.63, 3.8) is 0 Å². The number of hydrogen-bond donors (Lipinski definition) is 1. The van der Waals surface area contributed by atoms with Gasteiger partial charge >= 0.3 is 0 Å². The minimum absolute atomic E-state index is 0.167. The van der Waals surface area contributed by atoms with Crippen LogP contribution >= 0.6 is 11.8 Å². The predicted octanol–water partition coefficient (Wildman–Crippen LogP) is 3.78. The molecule has 0 amide bonds. The molecule has 2 aromatic rings. The SMILES string of the molecule is CCOc1ccc([C@@H]2NN=C(c3ccccc3)S2)cc1. The Labute approximate surface area is 123 Å². The maximum absolute atomic E-state index is 5.46. The third-order valence-electron chi connectivity index (χ3n) is 3.03. The highest BCUT2D eigenvalue weighted by atomic mass is 32.2. The van der Waals surface area contributed by atoms with Crippen LogP contribution in [0.25, 0.3) is 0 Å². The van der Waals surface area contributed by atoms with Crippen molar-refractivity contribution in [3.8, 4) is 5.75 Å². The smallest absolute Gasteiger partial charge is 0.126 e. The van der Waals surface area contributed by atoms with Crippen LogP contribution in [0.5, 0.6) is 5.75 Å². The van der Waals surface area contributed by atoms with Crippen LogP contribution in [0.2, 0.25) is 0 Å². The quantitative estimate of drug-likeness (QED) is 0.927. The molecule has 0 unspecified atom stereocenters. The molecule has 0 saturated heterocycles. The molecule has 3 rings (SSSR count). The summed E-state index contributed by atoms with van der Waals surface area (Å²) in [4.78, 5) is 0. The minimum atomic E-state index is 0.167. The molecule has 2 aromatic carbocycles. The maximum Gasteiger partial charge on any atom is 0.126 e. The lowest BCUT2D eigenvalue weighted by molar-refractivity contribution is 0.340. The Hall–Kier alpha value is -1.94. The number of nitrogens with one attached hydrogen (secondary N) is 1. The number of rotatable bonds is 4. The molecule has 1 heterocycles. The van der Waals surface area contributed by atoms with Crippen molar-refractivity contribution in [2.75, 3.05) is 6.61 Å². The summed E-state index contributed by atoms with van der Waals surface area (Å²) in [5.74, 6) is 0.906. The first kappa shape index (κ1) is 13.1. The van der Waals surface area contributed by atoms with E-state index in [1.165, 1.54) is 5.56 Å². The molecule has 0 spiro atoms. The zero-order valence-corrected chi connectivity index (χ0v) is 12.1. The van der Waals surface area contributed by atoms with Gasteiger partial charge in [-0.2, -0.15) is 5.10 Å². The fraction of sp³-hybridized carbons (Fsp3) is 0.188. The molecule has 3 nitrogen and oxygen atoms in total. The lowest BCUT2D eigenvalue weighted by atomic mass is 10.2. The van der Waals surface area contributed by atoms with E-state index in [9.17, 15) is 0 Å². The first-order chi connectivity index (χ1) is 9.86. The normalized spacial score (nSPS) is 17.4. The van der Waals surface area contributed by atoms with Gasteiger partial charge in [-0.25, -0.2) is 0 Å². The van der Waals surface area contributed by atoms with Crippen molar-refractivity contribution in [2.45, 2.75) is 12.3 Å². The van der Waals surface area contributed by atoms with Gasteiger partial charge in [0, 0.05) is 5.56 Å². The number of ether oxygens (including phenoxy) is 1. The van der Waals surface area contributed by atoms with E-state index >= 15 is 0 Å². The van der Waals surface area contributed by atoms with Gasteiger partial charge in [-0.15, -0.1) is 0 Å². The van der Waals surface area contributed by atoms with Crippen LogP contribution in [-0.4, -0.2) is 11.7 Å². The summed E-state index contributed by atoms with van der Waals surface area (Å²) in [6, 6.07) is 18.4. The second kappa shape index (κ2) is 6.01. The summed E-state index contributed by atoms with van der Waals surface area (Å²) >= 11 is 1.73. The molecule has 0 aliphatic carbocycles. The predicted molar refractivity (Wildman–Crippen MR) is 84.1 cm³/mol. The van der Waals surface area contributed by atoms with Gasteiger partial charge in [0.15, 0.2) is 0 Å². The van der Waals surface area contributed by atoms with Gasteiger partial charge in [0.25, 0.3) is 0 Å². The average molecular weight is 284 g/mol. The zero-order valence-electron chi connectivity index (χ0n) is 11.2. The van der Waals surface area contributed by atoms with E-state index in [2.05, 4.69) is 34.8 Å². The van der Waals surface area contributed by atoms with Gasteiger partial charge in [-0.05, 0) is 24.6 Å². The van der Waals surface area contributed by atoms with Crippen LogP contribution in [-0.2, 0) is 0 Å². The standard InChI is InChI=1S/C16H16N2OS/c1-2-19-14-10-8-13(9-11-14)16-18-17-15(20-16)12-6-4-3-5-7-12/h3-11,16,18H,2H2,1H3/t16-/m1/s1. The highest BCUT2D eigenvalue weighted by Gasteiger charge is 2.21. The largest absolute Gasteiger partial charge is 0.494 e. The van der Waals surface area contributed by atoms with Gasteiger partial charge in [0.1, 0.15) is 16.2 Å². The molecule has 0 fully saturated rings. The van der Waals surface area contributed by atoms with Crippen LogP contribution in [0.3, 0.4) is 0 Å². The Morgan fingerprint density at radius 1 is 1.10 bits per heavy atom. The fourth-order valence-corrected chi connectivity index (χ4v) is 3.04. The van der Waals surface area contributed by atoms with E-state index in [1.54, 1.807) is 11.8 Å². The van der Waals surface area contributed by atoms with E-state index < -0.39 is 0 Å². The molecule has 1 N–H and O–H groups in total. The van der Waals surface area contributed by atoms with E-state index in [4.69, 9.17) is 4.74 Å². The van der Waals surface area contributed by atoms with Crippen LogP contribution in [0.1, 0.15) is 23.4 Å². The number of nitrogens with zero attached hydrogens (tertiary/aromatic N) is 1. The first-order valence-electron chi connectivity index (χ1n) is 6.65. The lowest BCUT2D eigenvalue weighted by Gasteiger charge is -2.10. The summed E-state index contributed by atoms with van der Waals surface area (Å²) < 4.78 is 5.46. The Balaban J connectivity index is 1.69. The number of benzene rings is 2. The third kappa shape index (κ3) is 2.80. The van der Waals surface area contributed by atoms with Gasteiger partial charge in [0.05, 0.1) is 6.61 Å². The van der Waals surface area contributed by atoms with Crippen LogP contribution in [0.4, 0.5) is 0 Å². The molecule has 20 heavy (non-hydrogen) atoms. The van der Waals surface area contributed by atoms with Crippen molar-refractivity contribution in [2.24, 2.45) is 5.10 Å². The molecule has 0 aromatic heterocycles. The van der Waals surface area contributed by atoms with Crippen molar-refractivity contribution >= 4 is 16.8 Å². The van der Waals surface area contributed by atoms with Gasteiger partial charge in [-0.3, -0.25) is 5.43 Å². The molecule has 0 bridgehead atoms.